The molecule has 0 amide bonds. The lowest BCUT2D eigenvalue weighted by atomic mass is 10.2. The molecule has 0 saturated heterocycles. The van der Waals surface area contributed by atoms with E-state index in [2.05, 4.69) is 10.1 Å². The van der Waals surface area contributed by atoms with Crippen LogP contribution in [0.4, 0.5) is 0 Å². The lowest BCUT2D eigenvalue weighted by molar-refractivity contribution is -0.143. The third-order valence-electron chi connectivity index (χ3n) is 1.24. The van der Waals surface area contributed by atoms with Crippen LogP contribution in [0.15, 0.2) is 0 Å². The van der Waals surface area contributed by atoms with E-state index in [-0.39, 0.29) is 12.0 Å². The van der Waals surface area contributed by atoms with Crippen molar-refractivity contribution in [3.05, 3.63) is 0 Å². The molecule has 0 radical (unpaired) electrons. The largest absolute Gasteiger partial charge is 0.468 e. The average Bonchev–Trinajstić information content (AvgIpc) is 1.90. The maximum Gasteiger partial charge on any atom is 0.322 e. The summed E-state index contributed by atoms with van der Waals surface area (Å²) < 4.78 is 4.49. The monoisotopic (exact) mass is 131 g/mol. The van der Waals surface area contributed by atoms with E-state index in [9.17, 15) is 4.79 Å². The van der Waals surface area contributed by atoms with E-state index < -0.39 is 0 Å². The third kappa shape index (κ3) is 2.46. The lowest BCUT2D eigenvalue weighted by Gasteiger charge is -2.09. The molecule has 0 aromatic rings. The molecular formula is C6H13NO2. The topological polar surface area (TPSA) is 38.3 Å². The Balaban J connectivity index is 3.64. The van der Waals surface area contributed by atoms with Crippen molar-refractivity contribution in [3.8, 4) is 0 Å². The van der Waals surface area contributed by atoms with E-state index in [4.69, 9.17) is 0 Å². The average molecular weight is 131 g/mol. The van der Waals surface area contributed by atoms with Gasteiger partial charge in [0.1, 0.15) is 6.04 Å². The highest BCUT2D eigenvalue weighted by atomic mass is 16.5. The van der Waals surface area contributed by atoms with Crippen LogP contribution in [0.2, 0.25) is 0 Å². The van der Waals surface area contributed by atoms with Gasteiger partial charge in [-0.3, -0.25) is 4.79 Å². The minimum absolute atomic E-state index is 0.144. The minimum Gasteiger partial charge on any atom is -0.468 e. The Morgan fingerprint density at radius 2 is 2.33 bits per heavy atom. The van der Waals surface area contributed by atoms with E-state index in [1.165, 1.54) is 7.11 Å². The van der Waals surface area contributed by atoms with Gasteiger partial charge in [0, 0.05) is 0 Å². The summed E-state index contributed by atoms with van der Waals surface area (Å²) in [4.78, 5) is 10.7. The highest BCUT2D eigenvalue weighted by Gasteiger charge is 2.12. The summed E-state index contributed by atoms with van der Waals surface area (Å²) in [6.07, 6.45) is 0.767. The molecule has 0 rings (SSSR count). The fourth-order valence-electron chi connectivity index (χ4n) is 0.631. The number of nitrogens with one attached hydrogen (secondary N) is 1. The van der Waals surface area contributed by atoms with Crippen molar-refractivity contribution in [1.82, 2.24) is 5.32 Å². The molecule has 0 fully saturated rings. The van der Waals surface area contributed by atoms with Gasteiger partial charge in [-0.15, -0.1) is 0 Å². The molecule has 1 N–H and O–H groups in total. The molecular weight excluding hydrogens is 118 g/mol. The van der Waals surface area contributed by atoms with Gasteiger partial charge >= 0.3 is 5.97 Å². The van der Waals surface area contributed by atoms with Crippen molar-refractivity contribution in [1.29, 1.82) is 0 Å². The van der Waals surface area contributed by atoms with E-state index in [0.717, 1.165) is 6.42 Å². The van der Waals surface area contributed by atoms with E-state index in [1.807, 2.05) is 6.92 Å². The summed E-state index contributed by atoms with van der Waals surface area (Å²) in [5, 5.41) is 2.83. The van der Waals surface area contributed by atoms with Gasteiger partial charge in [0.05, 0.1) is 7.11 Å². The zero-order chi connectivity index (χ0) is 7.28. The summed E-state index contributed by atoms with van der Waals surface area (Å²) >= 11 is 0. The van der Waals surface area contributed by atoms with E-state index in [1.54, 1.807) is 7.05 Å². The third-order valence-corrected chi connectivity index (χ3v) is 1.24. The highest BCUT2D eigenvalue weighted by Crippen LogP contribution is 1.90. The predicted octanol–water partition coefficient (Wildman–Crippen LogP) is 0.157. The van der Waals surface area contributed by atoms with Crippen molar-refractivity contribution >= 4 is 5.97 Å². The predicted molar refractivity (Wildman–Crippen MR) is 35.2 cm³/mol. The summed E-state index contributed by atoms with van der Waals surface area (Å²) in [6.45, 7) is 1.93. The molecule has 0 aliphatic heterocycles. The van der Waals surface area contributed by atoms with Crippen molar-refractivity contribution in [2.45, 2.75) is 19.4 Å². The fourth-order valence-corrected chi connectivity index (χ4v) is 0.631. The maximum atomic E-state index is 10.7. The lowest BCUT2D eigenvalue weighted by Crippen LogP contribution is -2.34. The Kier molecular flexibility index (Phi) is 4.05. The SMILES string of the molecule is CCC(NC)C(=O)OC. The number of ether oxygens (including phenoxy) is 1. The van der Waals surface area contributed by atoms with Gasteiger partial charge in [0.2, 0.25) is 0 Å². The first-order valence-electron chi connectivity index (χ1n) is 3.01. The van der Waals surface area contributed by atoms with Crippen molar-refractivity contribution in [2.24, 2.45) is 0 Å². The Morgan fingerprint density at radius 1 is 1.78 bits per heavy atom. The summed E-state index contributed by atoms with van der Waals surface area (Å²) in [7, 11) is 3.13. The zero-order valence-electron chi connectivity index (χ0n) is 6.10. The van der Waals surface area contributed by atoms with E-state index in [0.29, 0.717) is 0 Å². The molecule has 0 aromatic heterocycles. The first-order valence-corrected chi connectivity index (χ1v) is 3.01. The second kappa shape index (κ2) is 4.32. The Hall–Kier alpha value is -0.570. The van der Waals surface area contributed by atoms with Crippen LogP contribution in [0.5, 0.6) is 0 Å². The molecule has 54 valence electrons. The summed E-state index contributed by atoms with van der Waals surface area (Å²) in [5.74, 6) is -0.194. The van der Waals surface area contributed by atoms with Crippen LogP contribution >= 0.6 is 0 Å². The molecule has 0 spiro atoms. The molecule has 0 aliphatic rings. The second-order valence-electron chi connectivity index (χ2n) is 1.77. The first kappa shape index (κ1) is 8.43. The van der Waals surface area contributed by atoms with Crippen LogP contribution in [-0.2, 0) is 9.53 Å². The van der Waals surface area contributed by atoms with Crippen LogP contribution in [0.3, 0.4) is 0 Å². The van der Waals surface area contributed by atoms with Gasteiger partial charge in [0.15, 0.2) is 0 Å². The number of hydrogen-bond donors (Lipinski definition) is 1. The van der Waals surface area contributed by atoms with Gasteiger partial charge in [-0.2, -0.15) is 0 Å². The number of carbonyl (C=O) groups excluding carboxylic acids is 1. The zero-order valence-corrected chi connectivity index (χ0v) is 6.10. The first-order chi connectivity index (χ1) is 4.26. The molecule has 0 bridgehead atoms. The summed E-state index contributed by atoms with van der Waals surface area (Å²) in [6, 6.07) is -0.144. The van der Waals surface area contributed by atoms with Gasteiger partial charge in [-0.05, 0) is 13.5 Å². The molecule has 0 saturated carbocycles. The van der Waals surface area contributed by atoms with Crippen molar-refractivity contribution in [3.63, 3.8) is 0 Å². The number of hydrogen-bond acceptors (Lipinski definition) is 3. The smallest absolute Gasteiger partial charge is 0.322 e. The quantitative estimate of drug-likeness (QED) is 0.554. The molecule has 0 aromatic carbocycles. The second-order valence-corrected chi connectivity index (χ2v) is 1.77. The van der Waals surface area contributed by atoms with Crippen LogP contribution < -0.4 is 5.32 Å². The highest BCUT2D eigenvalue weighted by molar-refractivity contribution is 5.75. The van der Waals surface area contributed by atoms with Crippen LogP contribution in [-0.4, -0.2) is 26.2 Å². The number of carbonyl (C=O) groups is 1. The normalized spacial score (nSPS) is 12.8. The van der Waals surface area contributed by atoms with Gasteiger partial charge in [0.25, 0.3) is 0 Å². The molecule has 0 aliphatic carbocycles. The minimum atomic E-state index is -0.194. The number of esters is 1. The summed E-state index contributed by atoms with van der Waals surface area (Å²) in [5.41, 5.74) is 0. The number of likely N-dealkylation sites (N-methyl/N-ethyl adjacent to an activating group) is 1. The number of methoxy groups -OCH3 is 1. The Labute approximate surface area is 55.4 Å². The van der Waals surface area contributed by atoms with Gasteiger partial charge in [-0.1, -0.05) is 6.92 Å². The standard InChI is InChI=1S/C6H13NO2/c1-4-5(7-2)6(8)9-3/h5,7H,4H2,1-3H3. The molecule has 3 nitrogen and oxygen atoms in total. The van der Waals surface area contributed by atoms with Crippen LogP contribution in [0.25, 0.3) is 0 Å². The molecule has 9 heavy (non-hydrogen) atoms. The van der Waals surface area contributed by atoms with Crippen LogP contribution in [0.1, 0.15) is 13.3 Å². The molecule has 0 heterocycles. The Morgan fingerprint density at radius 3 is 2.44 bits per heavy atom. The number of rotatable bonds is 3. The van der Waals surface area contributed by atoms with Crippen molar-refractivity contribution in [2.75, 3.05) is 14.2 Å². The van der Waals surface area contributed by atoms with Crippen LogP contribution in [0, 0.1) is 0 Å². The maximum absolute atomic E-state index is 10.7. The molecule has 1 atom stereocenters. The Bertz CT molecular complexity index is 89.1. The van der Waals surface area contributed by atoms with Gasteiger partial charge in [-0.25, -0.2) is 0 Å². The molecule has 3 heteroatoms. The molecule has 1 unspecified atom stereocenters. The van der Waals surface area contributed by atoms with Gasteiger partial charge < -0.3 is 10.1 Å². The fraction of sp³-hybridized carbons (Fsp3) is 0.833. The van der Waals surface area contributed by atoms with Crippen molar-refractivity contribution < 1.29 is 9.53 Å². The van der Waals surface area contributed by atoms with E-state index >= 15 is 0 Å².